The maximum absolute atomic E-state index is 13.4. The predicted octanol–water partition coefficient (Wildman–Crippen LogP) is 4.47. The third-order valence-electron chi connectivity index (χ3n) is 3.29. The van der Waals surface area contributed by atoms with Crippen molar-refractivity contribution in [3.05, 3.63) is 77.1 Å². The average molecular weight is 284 g/mol. The molecule has 0 aromatic heterocycles. The smallest absolute Gasteiger partial charge is 0.328 e. The standard InChI is InChI=1S/C18H17FO2/c1-12(2)13-6-8-14(9-7-13)17(11-18(20)21)15-4-3-5-16(19)10-15/h3-12H,1-2H3,(H,20,21)/b17-11-. The summed E-state index contributed by atoms with van der Waals surface area (Å²) in [6, 6.07) is 13.6. The van der Waals surface area contributed by atoms with Crippen LogP contribution >= 0.6 is 0 Å². The quantitative estimate of drug-likeness (QED) is 0.841. The van der Waals surface area contributed by atoms with Crippen LogP contribution in [0.1, 0.15) is 36.5 Å². The van der Waals surface area contributed by atoms with E-state index in [2.05, 4.69) is 13.8 Å². The first-order valence-electron chi connectivity index (χ1n) is 6.78. The van der Waals surface area contributed by atoms with Crippen molar-refractivity contribution in [1.29, 1.82) is 0 Å². The Kier molecular flexibility index (Phi) is 4.53. The van der Waals surface area contributed by atoms with Crippen LogP contribution < -0.4 is 0 Å². The molecule has 0 radical (unpaired) electrons. The van der Waals surface area contributed by atoms with Crippen LogP contribution in [0.2, 0.25) is 0 Å². The number of carboxylic acid groups (broad SMARTS) is 1. The molecule has 0 atom stereocenters. The molecule has 0 saturated heterocycles. The van der Waals surface area contributed by atoms with Gasteiger partial charge in [0.25, 0.3) is 0 Å². The van der Waals surface area contributed by atoms with Crippen molar-refractivity contribution in [1.82, 2.24) is 0 Å². The normalized spacial score (nSPS) is 11.7. The zero-order chi connectivity index (χ0) is 15.4. The lowest BCUT2D eigenvalue weighted by Gasteiger charge is -2.10. The maximum Gasteiger partial charge on any atom is 0.328 e. The minimum Gasteiger partial charge on any atom is -0.478 e. The van der Waals surface area contributed by atoms with Crippen LogP contribution in [0.5, 0.6) is 0 Å². The maximum atomic E-state index is 13.4. The molecule has 0 fully saturated rings. The second kappa shape index (κ2) is 6.35. The third kappa shape index (κ3) is 3.78. The van der Waals surface area contributed by atoms with Crippen molar-refractivity contribution in [2.24, 2.45) is 0 Å². The summed E-state index contributed by atoms with van der Waals surface area (Å²) in [5.74, 6) is -1.04. The van der Waals surface area contributed by atoms with Gasteiger partial charge in [0.15, 0.2) is 0 Å². The van der Waals surface area contributed by atoms with Crippen molar-refractivity contribution in [2.45, 2.75) is 19.8 Å². The fourth-order valence-corrected chi connectivity index (χ4v) is 2.16. The molecular weight excluding hydrogens is 267 g/mol. The van der Waals surface area contributed by atoms with Gasteiger partial charge in [0.05, 0.1) is 0 Å². The van der Waals surface area contributed by atoms with Gasteiger partial charge >= 0.3 is 5.97 Å². The monoisotopic (exact) mass is 284 g/mol. The van der Waals surface area contributed by atoms with E-state index in [0.717, 1.165) is 11.6 Å². The van der Waals surface area contributed by atoms with E-state index in [0.29, 0.717) is 17.1 Å². The molecule has 0 saturated carbocycles. The van der Waals surface area contributed by atoms with Crippen molar-refractivity contribution >= 4 is 11.5 Å². The molecule has 0 spiro atoms. The van der Waals surface area contributed by atoms with Gasteiger partial charge < -0.3 is 5.11 Å². The van der Waals surface area contributed by atoms with Gasteiger partial charge in [0.2, 0.25) is 0 Å². The Balaban J connectivity index is 2.49. The molecule has 0 bridgehead atoms. The van der Waals surface area contributed by atoms with Gasteiger partial charge in [0.1, 0.15) is 5.82 Å². The molecule has 1 N–H and O–H groups in total. The Morgan fingerprint density at radius 1 is 1.10 bits per heavy atom. The summed E-state index contributed by atoms with van der Waals surface area (Å²) < 4.78 is 13.4. The van der Waals surface area contributed by atoms with Crippen LogP contribution in [0, 0.1) is 5.82 Å². The Morgan fingerprint density at radius 3 is 2.29 bits per heavy atom. The van der Waals surface area contributed by atoms with Gasteiger partial charge in [0, 0.05) is 6.08 Å². The fraction of sp³-hybridized carbons (Fsp3) is 0.167. The third-order valence-corrected chi connectivity index (χ3v) is 3.29. The number of hydrogen-bond acceptors (Lipinski definition) is 1. The van der Waals surface area contributed by atoms with E-state index in [9.17, 15) is 9.18 Å². The summed E-state index contributed by atoms with van der Waals surface area (Å²) in [6.45, 7) is 4.19. The van der Waals surface area contributed by atoms with Crippen LogP contribution in [-0.4, -0.2) is 11.1 Å². The van der Waals surface area contributed by atoms with Crippen molar-refractivity contribution < 1.29 is 14.3 Å². The summed E-state index contributed by atoms with van der Waals surface area (Å²) in [6.07, 6.45) is 1.11. The fourth-order valence-electron chi connectivity index (χ4n) is 2.16. The number of aliphatic carboxylic acids is 1. The molecule has 3 heteroatoms. The first kappa shape index (κ1) is 15.0. The molecule has 2 rings (SSSR count). The van der Waals surface area contributed by atoms with Crippen LogP contribution in [-0.2, 0) is 4.79 Å². The molecule has 2 aromatic rings. The lowest BCUT2D eigenvalue weighted by Crippen LogP contribution is -1.96. The van der Waals surface area contributed by atoms with Gasteiger partial charge in [-0.05, 0) is 40.3 Å². The van der Waals surface area contributed by atoms with Crippen molar-refractivity contribution in [3.63, 3.8) is 0 Å². The molecule has 21 heavy (non-hydrogen) atoms. The van der Waals surface area contributed by atoms with Gasteiger partial charge in [-0.2, -0.15) is 0 Å². The molecule has 0 unspecified atom stereocenters. The Hall–Kier alpha value is -2.42. The zero-order valence-electron chi connectivity index (χ0n) is 12.0. The second-order valence-electron chi connectivity index (χ2n) is 5.18. The highest BCUT2D eigenvalue weighted by Crippen LogP contribution is 2.25. The summed E-state index contributed by atoms with van der Waals surface area (Å²) in [7, 11) is 0. The van der Waals surface area contributed by atoms with E-state index < -0.39 is 5.97 Å². The van der Waals surface area contributed by atoms with E-state index in [1.807, 2.05) is 24.3 Å². The zero-order valence-corrected chi connectivity index (χ0v) is 12.0. The Bertz CT molecular complexity index is 670. The summed E-state index contributed by atoms with van der Waals surface area (Å²) in [5.41, 5.74) is 2.98. The topological polar surface area (TPSA) is 37.3 Å². The minimum atomic E-state index is -1.05. The molecule has 0 heterocycles. The van der Waals surface area contributed by atoms with Crippen molar-refractivity contribution in [3.8, 4) is 0 Å². The van der Waals surface area contributed by atoms with E-state index in [4.69, 9.17) is 5.11 Å². The van der Waals surface area contributed by atoms with E-state index >= 15 is 0 Å². The highest BCUT2D eigenvalue weighted by molar-refractivity contribution is 5.95. The first-order chi connectivity index (χ1) is 9.97. The van der Waals surface area contributed by atoms with Crippen LogP contribution in [0.4, 0.5) is 4.39 Å². The van der Waals surface area contributed by atoms with E-state index in [-0.39, 0.29) is 5.82 Å². The SMILES string of the molecule is CC(C)c1ccc(/C(=C/C(=O)O)c2cccc(F)c2)cc1. The van der Waals surface area contributed by atoms with Gasteiger partial charge in [-0.25, -0.2) is 9.18 Å². The lowest BCUT2D eigenvalue weighted by atomic mass is 9.94. The number of halogens is 1. The number of hydrogen-bond donors (Lipinski definition) is 1. The molecule has 0 aliphatic rings. The van der Waals surface area contributed by atoms with Gasteiger partial charge in [-0.1, -0.05) is 50.2 Å². The van der Waals surface area contributed by atoms with E-state index in [1.54, 1.807) is 12.1 Å². The second-order valence-corrected chi connectivity index (χ2v) is 5.18. The average Bonchev–Trinajstić information content (AvgIpc) is 2.44. The minimum absolute atomic E-state index is 0.386. The number of benzene rings is 2. The van der Waals surface area contributed by atoms with Gasteiger partial charge in [-0.15, -0.1) is 0 Å². The molecule has 0 aliphatic carbocycles. The number of carbonyl (C=O) groups is 1. The number of carboxylic acids is 1. The summed E-state index contributed by atoms with van der Waals surface area (Å²) >= 11 is 0. The molecule has 108 valence electrons. The highest BCUT2D eigenvalue weighted by Gasteiger charge is 2.09. The largest absolute Gasteiger partial charge is 0.478 e. The van der Waals surface area contributed by atoms with Crippen LogP contribution in [0.15, 0.2) is 54.6 Å². The van der Waals surface area contributed by atoms with Crippen LogP contribution in [0.3, 0.4) is 0 Å². The first-order valence-corrected chi connectivity index (χ1v) is 6.78. The Morgan fingerprint density at radius 2 is 1.76 bits per heavy atom. The predicted molar refractivity (Wildman–Crippen MR) is 81.6 cm³/mol. The Labute approximate surface area is 123 Å². The molecule has 0 aliphatic heterocycles. The van der Waals surface area contributed by atoms with E-state index in [1.165, 1.54) is 17.7 Å². The summed E-state index contributed by atoms with van der Waals surface area (Å²) in [5, 5.41) is 9.05. The highest BCUT2D eigenvalue weighted by atomic mass is 19.1. The van der Waals surface area contributed by atoms with Crippen LogP contribution in [0.25, 0.3) is 5.57 Å². The molecule has 2 nitrogen and oxygen atoms in total. The molecular formula is C18H17FO2. The van der Waals surface area contributed by atoms with Crippen molar-refractivity contribution in [2.75, 3.05) is 0 Å². The molecule has 2 aromatic carbocycles. The summed E-state index contributed by atoms with van der Waals surface area (Å²) in [4.78, 5) is 11.0. The molecule has 0 amide bonds. The van der Waals surface area contributed by atoms with Gasteiger partial charge in [-0.3, -0.25) is 0 Å². The number of rotatable bonds is 4. The lowest BCUT2D eigenvalue weighted by molar-refractivity contribution is -0.131.